The van der Waals surface area contributed by atoms with Gasteiger partial charge in [-0.25, -0.2) is 0 Å². The fourth-order valence-electron chi connectivity index (χ4n) is 1.34. The number of primary amides is 1. The number of benzene rings is 1. The van der Waals surface area contributed by atoms with Crippen molar-refractivity contribution in [2.24, 2.45) is 5.73 Å². The molecule has 0 bridgehead atoms. The summed E-state index contributed by atoms with van der Waals surface area (Å²) in [5.41, 5.74) is 6.99. The maximum atomic E-state index is 11.2. The zero-order valence-electron chi connectivity index (χ0n) is 8.86. The van der Waals surface area contributed by atoms with Gasteiger partial charge in [-0.1, -0.05) is 29.8 Å². The van der Waals surface area contributed by atoms with Crippen molar-refractivity contribution < 1.29 is 9.59 Å². The van der Waals surface area contributed by atoms with E-state index in [4.69, 9.17) is 5.73 Å². The Morgan fingerprint density at radius 3 is 2.60 bits per heavy atom. The summed E-state index contributed by atoms with van der Waals surface area (Å²) < 4.78 is 0. The third-order valence-corrected chi connectivity index (χ3v) is 2.06. The normalized spacial score (nSPS) is 9.73. The van der Waals surface area contributed by atoms with Crippen molar-refractivity contribution in [1.29, 1.82) is 0 Å². The third-order valence-electron chi connectivity index (χ3n) is 2.06. The molecule has 4 heteroatoms. The molecule has 0 aliphatic carbocycles. The molecule has 0 aromatic heterocycles. The van der Waals surface area contributed by atoms with Gasteiger partial charge in [-0.2, -0.15) is 0 Å². The van der Waals surface area contributed by atoms with Gasteiger partial charge in [-0.3, -0.25) is 9.59 Å². The molecule has 0 radical (unpaired) electrons. The van der Waals surface area contributed by atoms with Gasteiger partial charge < -0.3 is 10.6 Å². The first-order valence-electron chi connectivity index (χ1n) is 4.61. The fourth-order valence-corrected chi connectivity index (χ4v) is 1.34. The van der Waals surface area contributed by atoms with Crippen LogP contribution in [-0.4, -0.2) is 23.8 Å². The number of nitrogens with zero attached hydrogens (tertiary/aromatic N) is 1. The second kappa shape index (κ2) is 4.59. The van der Waals surface area contributed by atoms with E-state index in [2.05, 4.69) is 0 Å². The molecule has 0 unspecified atom stereocenters. The lowest BCUT2D eigenvalue weighted by atomic mass is 10.1. The van der Waals surface area contributed by atoms with Crippen LogP contribution in [0, 0.1) is 6.92 Å². The molecule has 4 nitrogen and oxygen atoms in total. The smallest absolute Gasteiger partial charge is 0.311 e. The van der Waals surface area contributed by atoms with Crippen molar-refractivity contribution in [3.05, 3.63) is 35.4 Å². The maximum Gasteiger partial charge on any atom is 0.311 e. The Kier molecular flexibility index (Phi) is 3.44. The molecule has 0 aliphatic rings. The van der Waals surface area contributed by atoms with Crippen molar-refractivity contribution in [2.75, 3.05) is 7.05 Å². The summed E-state index contributed by atoms with van der Waals surface area (Å²) in [6, 6.07) is 7.75. The fraction of sp³-hybridized carbons (Fsp3) is 0.273. The standard InChI is InChI=1S/C11H14N2O2/c1-8-4-3-5-9(6-8)7-13(2)11(15)10(12)14/h3-6H,7H2,1-2H3,(H2,12,14). The first-order chi connectivity index (χ1) is 7.00. The highest BCUT2D eigenvalue weighted by Crippen LogP contribution is 2.06. The van der Waals surface area contributed by atoms with Crippen LogP contribution in [0.5, 0.6) is 0 Å². The van der Waals surface area contributed by atoms with Gasteiger partial charge in [0.2, 0.25) is 0 Å². The summed E-state index contributed by atoms with van der Waals surface area (Å²) in [7, 11) is 1.55. The molecular formula is C11H14N2O2. The van der Waals surface area contributed by atoms with Crippen LogP contribution < -0.4 is 5.73 Å². The molecular weight excluding hydrogens is 192 g/mol. The number of aryl methyl sites for hydroxylation is 1. The lowest BCUT2D eigenvalue weighted by Gasteiger charge is -2.15. The van der Waals surface area contributed by atoms with E-state index in [1.54, 1.807) is 7.05 Å². The number of nitrogens with two attached hydrogens (primary N) is 1. The lowest BCUT2D eigenvalue weighted by Crippen LogP contribution is -2.37. The van der Waals surface area contributed by atoms with Gasteiger partial charge in [0.25, 0.3) is 0 Å². The van der Waals surface area contributed by atoms with Gasteiger partial charge >= 0.3 is 11.8 Å². The van der Waals surface area contributed by atoms with Gasteiger partial charge in [0, 0.05) is 13.6 Å². The van der Waals surface area contributed by atoms with Crippen molar-refractivity contribution >= 4 is 11.8 Å². The summed E-state index contributed by atoms with van der Waals surface area (Å²) >= 11 is 0. The van der Waals surface area contributed by atoms with E-state index in [9.17, 15) is 9.59 Å². The first-order valence-corrected chi connectivity index (χ1v) is 4.61. The van der Waals surface area contributed by atoms with Crippen LogP contribution in [0.1, 0.15) is 11.1 Å². The van der Waals surface area contributed by atoms with E-state index in [0.717, 1.165) is 11.1 Å². The van der Waals surface area contributed by atoms with Gasteiger partial charge in [-0.05, 0) is 12.5 Å². The molecule has 0 aliphatic heterocycles. The summed E-state index contributed by atoms with van der Waals surface area (Å²) in [6.07, 6.45) is 0. The van der Waals surface area contributed by atoms with E-state index in [1.807, 2.05) is 31.2 Å². The van der Waals surface area contributed by atoms with E-state index < -0.39 is 11.8 Å². The Balaban J connectivity index is 2.70. The molecule has 1 aromatic rings. The number of amides is 2. The lowest BCUT2D eigenvalue weighted by molar-refractivity contribution is -0.143. The van der Waals surface area contributed by atoms with E-state index in [0.29, 0.717) is 6.54 Å². The summed E-state index contributed by atoms with van der Waals surface area (Å²) in [4.78, 5) is 23.1. The zero-order valence-corrected chi connectivity index (χ0v) is 8.86. The highest BCUT2D eigenvalue weighted by atomic mass is 16.2. The predicted octanol–water partition coefficient (Wildman–Crippen LogP) is 0.439. The predicted molar refractivity (Wildman–Crippen MR) is 56.8 cm³/mol. The van der Waals surface area contributed by atoms with Gasteiger partial charge in [0.05, 0.1) is 0 Å². The van der Waals surface area contributed by atoms with Crippen molar-refractivity contribution in [3.8, 4) is 0 Å². The summed E-state index contributed by atoms with van der Waals surface area (Å²) in [5, 5.41) is 0. The minimum atomic E-state index is -0.926. The van der Waals surface area contributed by atoms with Gasteiger partial charge in [0.15, 0.2) is 0 Å². The van der Waals surface area contributed by atoms with Gasteiger partial charge in [-0.15, -0.1) is 0 Å². The number of carbonyl (C=O) groups excluding carboxylic acids is 2. The van der Waals surface area contributed by atoms with Crippen LogP contribution in [0.4, 0.5) is 0 Å². The van der Waals surface area contributed by atoms with Crippen LogP contribution in [0.2, 0.25) is 0 Å². The second-order valence-corrected chi connectivity index (χ2v) is 3.51. The second-order valence-electron chi connectivity index (χ2n) is 3.51. The molecule has 0 spiro atoms. The highest BCUT2D eigenvalue weighted by Gasteiger charge is 2.14. The molecule has 2 amide bonds. The van der Waals surface area contributed by atoms with Crippen LogP contribution >= 0.6 is 0 Å². The highest BCUT2D eigenvalue weighted by molar-refractivity contribution is 6.34. The Morgan fingerprint density at radius 2 is 2.07 bits per heavy atom. The van der Waals surface area contributed by atoms with Crippen LogP contribution in [0.3, 0.4) is 0 Å². The van der Waals surface area contributed by atoms with Crippen molar-refractivity contribution in [1.82, 2.24) is 4.90 Å². The molecule has 0 heterocycles. The first kappa shape index (κ1) is 11.2. The van der Waals surface area contributed by atoms with E-state index in [-0.39, 0.29) is 0 Å². The minimum absolute atomic E-state index is 0.392. The number of rotatable bonds is 2. The third kappa shape index (κ3) is 3.09. The number of likely N-dealkylation sites (N-methyl/N-ethyl adjacent to an activating group) is 1. The molecule has 0 saturated carbocycles. The van der Waals surface area contributed by atoms with Crippen molar-refractivity contribution in [2.45, 2.75) is 13.5 Å². The minimum Gasteiger partial charge on any atom is -0.361 e. The maximum absolute atomic E-state index is 11.2. The molecule has 1 rings (SSSR count). The number of hydrogen-bond acceptors (Lipinski definition) is 2. The average Bonchev–Trinajstić information content (AvgIpc) is 2.16. The molecule has 2 N–H and O–H groups in total. The largest absolute Gasteiger partial charge is 0.361 e. The monoisotopic (exact) mass is 206 g/mol. The van der Waals surface area contributed by atoms with E-state index in [1.165, 1.54) is 4.90 Å². The van der Waals surface area contributed by atoms with E-state index >= 15 is 0 Å². The van der Waals surface area contributed by atoms with Crippen LogP contribution in [0.25, 0.3) is 0 Å². The van der Waals surface area contributed by atoms with Crippen molar-refractivity contribution in [3.63, 3.8) is 0 Å². The van der Waals surface area contributed by atoms with Crippen LogP contribution in [-0.2, 0) is 16.1 Å². The Hall–Kier alpha value is -1.84. The molecule has 1 aromatic carbocycles. The Labute approximate surface area is 88.7 Å². The summed E-state index contributed by atoms with van der Waals surface area (Å²) in [5.74, 6) is -1.60. The Morgan fingerprint density at radius 1 is 1.40 bits per heavy atom. The average molecular weight is 206 g/mol. The summed E-state index contributed by atoms with van der Waals surface area (Å²) in [6.45, 7) is 2.36. The van der Waals surface area contributed by atoms with Crippen LogP contribution in [0.15, 0.2) is 24.3 Å². The molecule has 0 atom stereocenters. The van der Waals surface area contributed by atoms with Gasteiger partial charge in [0.1, 0.15) is 0 Å². The topological polar surface area (TPSA) is 63.4 Å². The molecule has 0 saturated heterocycles. The number of carbonyl (C=O) groups is 2. The SMILES string of the molecule is Cc1cccc(CN(C)C(=O)C(N)=O)c1. The Bertz CT molecular complexity index is 388. The zero-order chi connectivity index (χ0) is 11.4. The molecule has 80 valence electrons. The quantitative estimate of drug-likeness (QED) is 0.713. The number of hydrogen-bond donors (Lipinski definition) is 1. The molecule has 15 heavy (non-hydrogen) atoms. The molecule has 0 fully saturated rings.